The molecule has 1 aromatic rings. The van der Waals surface area contributed by atoms with Crippen molar-refractivity contribution >= 4 is 41.4 Å². The minimum Gasteiger partial charge on any atom is -0.480 e. The van der Waals surface area contributed by atoms with Crippen molar-refractivity contribution in [3.05, 3.63) is 11.3 Å². The summed E-state index contributed by atoms with van der Waals surface area (Å²) < 4.78 is 1.11. The molecule has 0 saturated carbocycles. The van der Waals surface area contributed by atoms with E-state index in [-0.39, 0.29) is 22.0 Å². The van der Waals surface area contributed by atoms with Crippen molar-refractivity contribution in [3.8, 4) is 0 Å². The zero-order valence-electron chi connectivity index (χ0n) is 12.0. The number of carbonyl (C=O) groups is 3. The maximum absolute atomic E-state index is 11.8. The number of β-lactam (4-membered cyclic amide) rings is 1. The smallest absolute Gasteiger partial charge is 0.352 e. The Kier molecular flexibility index (Phi) is 4.47. The summed E-state index contributed by atoms with van der Waals surface area (Å²) in [5.41, 5.74) is 6.16. The summed E-state index contributed by atoms with van der Waals surface area (Å²) in [6, 6.07) is -0.679. The summed E-state index contributed by atoms with van der Waals surface area (Å²) >= 11 is 2.51. The highest BCUT2D eigenvalue weighted by molar-refractivity contribution is 8.01. The second kappa shape index (κ2) is 6.41. The molecule has 3 rings (SSSR count). The van der Waals surface area contributed by atoms with Crippen LogP contribution in [-0.4, -0.2) is 76.1 Å². The zero-order chi connectivity index (χ0) is 17.4. The second-order valence-electron chi connectivity index (χ2n) is 4.99. The SMILES string of the molecule is NC1C(=O)N2C(C(=O)O)=C(CSc3nnnn3CC(=O)O)CS[C@@H]12. The monoisotopic (exact) mass is 372 g/mol. The average Bonchev–Trinajstić information content (AvgIpc) is 2.97. The average molecular weight is 372 g/mol. The molecule has 128 valence electrons. The van der Waals surface area contributed by atoms with Crippen LogP contribution >= 0.6 is 23.5 Å². The first kappa shape index (κ1) is 16.7. The fraction of sp³-hybridized carbons (Fsp3) is 0.455. The molecular weight excluding hydrogens is 360 g/mol. The van der Waals surface area contributed by atoms with Gasteiger partial charge in [-0.15, -0.1) is 16.9 Å². The molecule has 2 atom stereocenters. The molecule has 24 heavy (non-hydrogen) atoms. The lowest BCUT2D eigenvalue weighted by molar-refractivity contribution is -0.147. The van der Waals surface area contributed by atoms with Gasteiger partial charge in [-0.2, -0.15) is 0 Å². The van der Waals surface area contributed by atoms with Crippen molar-refractivity contribution < 1.29 is 24.6 Å². The van der Waals surface area contributed by atoms with Crippen LogP contribution in [0.1, 0.15) is 0 Å². The van der Waals surface area contributed by atoms with Crippen LogP contribution in [-0.2, 0) is 20.9 Å². The highest BCUT2D eigenvalue weighted by Crippen LogP contribution is 2.40. The van der Waals surface area contributed by atoms with Gasteiger partial charge in [0.05, 0.1) is 0 Å². The van der Waals surface area contributed by atoms with Crippen LogP contribution in [0, 0.1) is 0 Å². The summed E-state index contributed by atoms with van der Waals surface area (Å²) in [5.74, 6) is -2.06. The van der Waals surface area contributed by atoms with E-state index in [9.17, 15) is 19.5 Å². The fourth-order valence-electron chi connectivity index (χ4n) is 2.37. The highest BCUT2D eigenvalue weighted by atomic mass is 32.2. The van der Waals surface area contributed by atoms with Gasteiger partial charge in [0.2, 0.25) is 11.1 Å². The van der Waals surface area contributed by atoms with Gasteiger partial charge in [-0.25, -0.2) is 9.48 Å². The molecule has 4 N–H and O–H groups in total. The first-order chi connectivity index (χ1) is 11.4. The van der Waals surface area contributed by atoms with Crippen LogP contribution in [0.4, 0.5) is 0 Å². The van der Waals surface area contributed by atoms with Crippen molar-refractivity contribution in [2.24, 2.45) is 5.73 Å². The Morgan fingerprint density at radius 3 is 2.83 bits per heavy atom. The summed E-state index contributed by atoms with van der Waals surface area (Å²) in [6.45, 7) is -0.392. The number of hydrogen-bond acceptors (Lipinski definition) is 9. The maximum Gasteiger partial charge on any atom is 0.352 e. The standard InChI is InChI=1S/C11H12N6O5S2/c12-6-8(20)17-7(10(21)22)4(2-23-9(6)17)3-24-11-13-14-15-16(11)1-5(18)19/h6,9H,1-3,12H2,(H,18,19)(H,21,22)/t6?,9-/m0/s1. The van der Waals surface area contributed by atoms with Gasteiger partial charge in [0.25, 0.3) is 0 Å². The van der Waals surface area contributed by atoms with E-state index < -0.39 is 30.4 Å². The largest absolute Gasteiger partial charge is 0.480 e. The third kappa shape index (κ3) is 2.85. The maximum atomic E-state index is 11.8. The number of carboxylic acid groups (broad SMARTS) is 2. The van der Waals surface area contributed by atoms with Crippen LogP contribution in [0.15, 0.2) is 16.4 Å². The van der Waals surface area contributed by atoms with Crippen LogP contribution in [0.5, 0.6) is 0 Å². The molecule has 0 bridgehead atoms. The molecule has 0 spiro atoms. The lowest BCUT2D eigenvalue weighted by Crippen LogP contribution is -2.68. The molecule has 0 aromatic carbocycles. The summed E-state index contributed by atoms with van der Waals surface area (Å²) in [5, 5.41) is 28.8. The molecule has 0 radical (unpaired) electrons. The zero-order valence-corrected chi connectivity index (χ0v) is 13.7. The summed E-state index contributed by atoms with van der Waals surface area (Å²) in [6.07, 6.45) is 0. The molecule has 1 amide bonds. The van der Waals surface area contributed by atoms with Crippen LogP contribution < -0.4 is 5.73 Å². The number of carbonyl (C=O) groups excluding carboxylic acids is 1. The quantitative estimate of drug-likeness (QED) is 0.390. The number of amides is 1. The molecular formula is C11H12N6O5S2. The van der Waals surface area contributed by atoms with Crippen LogP contribution in [0.2, 0.25) is 0 Å². The molecule has 1 aromatic heterocycles. The lowest BCUT2D eigenvalue weighted by atomic mass is 10.0. The number of tetrazole rings is 1. The van der Waals surface area contributed by atoms with Gasteiger partial charge >= 0.3 is 11.9 Å². The Labute approximate surface area is 143 Å². The highest BCUT2D eigenvalue weighted by Gasteiger charge is 2.51. The van der Waals surface area contributed by atoms with Gasteiger partial charge in [-0.05, 0) is 16.0 Å². The first-order valence-corrected chi connectivity index (χ1v) is 8.70. The van der Waals surface area contributed by atoms with Gasteiger partial charge in [0.1, 0.15) is 23.7 Å². The molecule has 1 saturated heterocycles. The Morgan fingerprint density at radius 1 is 1.42 bits per heavy atom. The van der Waals surface area contributed by atoms with Crippen molar-refractivity contribution in [3.63, 3.8) is 0 Å². The molecule has 13 heteroatoms. The molecule has 2 aliphatic heterocycles. The minimum absolute atomic E-state index is 0.0600. The summed E-state index contributed by atoms with van der Waals surface area (Å²) in [4.78, 5) is 35.3. The Bertz CT molecular complexity index is 749. The van der Waals surface area contributed by atoms with Crippen molar-refractivity contribution in [1.82, 2.24) is 25.1 Å². The van der Waals surface area contributed by atoms with E-state index in [4.69, 9.17) is 10.8 Å². The van der Waals surface area contributed by atoms with E-state index in [0.717, 1.165) is 16.4 Å². The van der Waals surface area contributed by atoms with Crippen LogP contribution in [0.3, 0.4) is 0 Å². The fourth-order valence-corrected chi connectivity index (χ4v) is 4.68. The van der Waals surface area contributed by atoms with Crippen molar-refractivity contribution in [1.29, 1.82) is 0 Å². The minimum atomic E-state index is -1.19. The van der Waals surface area contributed by atoms with Gasteiger partial charge in [0, 0.05) is 11.5 Å². The van der Waals surface area contributed by atoms with Gasteiger partial charge in [-0.3, -0.25) is 14.5 Å². The number of thioether (sulfide) groups is 2. The van der Waals surface area contributed by atoms with E-state index >= 15 is 0 Å². The third-order valence-corrected chi connectivity index (χ3v) is 5.85. The van der Waals surface area contributed by atoms with E-state index in [1.165, 1.54) is 16.7 Å². The first-order valence-electron chi connectivity index (χ1n) is 6.66. The second-order valence-corrected chi connectivity index (χ2v) is 7.04. The topological polar surface area (TPSA) is 165 Å². The van der Waals surface area contributed by atoms with Gasteiger partial charge in [0.15, 0.2) is 0 Å². The Balaban J connectivity index is 1.78. The number of hydrogen-bond donors (Lipinski definition) is 3. The van der Waals surface area contributed by atoms with Crippen molar-refractivity contribution in [2.75, 3.05) is 11.5 Å². The Morgan fingerprint density at radius 2 is 2.17 bits per heavy atom. The van der Waals surface area contributed by atoms with E-state index in [1.807, 2.05) is 0 Å². The van der Waals surface area contributed by atoms with Gasteiger partial charge < -0.3 is 15.9 Å². The molecule has 0 aliphatic carbocycles. The van der Waals surface area contributed by atoms with E-state index in [1.54, 1.807) is 0 Å². The number of fused-ring (bicyclic) bond motifs is 1. The number of carboxylic acids is 2. The lowest BCUT2D eigenvalue weighted by Gasteiger charge is -2.48. The number of aliphatic carboxylic acids is 2. The number of rotatable bonds is 6. The molecule has 1 unspecified atom stereocenters. The van der Waals surface area contributed by atoms with Crippen molar-refractivity contribution in [2.45, 2.75) is 23.1 Å². The summed E-state index contributed by atoms with van der Waals surface area (Å²) in [7, 11) is 0. The Hall–Kier alpha value is -2.12. The number of nitrogens with zero attached hydrogens (tertiary/aromatic N) is 5. The molecule has 3 heterocycles. The van der Waals surface area contributed by atoms with E-state index in [2.05, 4.69) is 15.5 Å². The van der Waals surface area contributed by atoms with Gasteiger partial charge in [-0.1, -0.05) is 11.8 Å². The number of aromatic nitrogens is 4. The van der Waals surface area contributed by atoms with E-state index in [0.29, 0.717) is 11.3 Å². The molecule has 1 fully saturated rings. The third-order valence-electron chi connectivity index (χ3n) is 3.45. The molecule has 2 aliphatic rings. The van der Waals surface area contributed by atoms with Crippen LogP contribution in [0.25, 0.3) is 0 Å². The number of nitrogens with two attached hydrogens (primary N) is 1. The normalized spacial score (nSPS) is 23.0. The predicted molar refractivity (Wildman–Crippen MR) is 81.9 cm³/mol. The predicted octanol–water partition coefficient (Wildman–Crippen LogP) is -1.57. The molecule has 11 nitrogen and oxygen atoms in total.